The molecule has 1 amide bonds. The molecule has 26 heavy (non-hydrogen) atoms. The van der Waals surface area contributed by atoms with Crippen LogP contribution in [-0.2, 0) is 4.79 Å². The van der Waals surface area contributed by atoms with Gasteiger partial charge in [0.2, 0.25) is 11.1 Å². The lowest BCUT2D eigenvalue weighted by Crippen LogP contribution is -2.15. The summed E-state index contributed by atoms with van der Waals surface area (Å²) in [6.07, 6.45) is 0. The van der Waals surface area contributed by atoms with Gasteiger partial charge in [-0.1, -0.05) is 46.6 Å². The Labute approximate surface area is 167 Å². The van der Waals surface area contributed by atoms with Crippen molar-refractivity contribution >= 4 is 58.2 Å². The molecular formula is C15H10Cl3N5O2S. The first-order valence-electron chi connectivity index (χ1n) is 7.09. The molecule has 134 valence electrons. The standard InChI is InChI=1S/C15H10Cl3N5O2S/c16-8-5-11(17)14(12(18)6-8)19-13(25)7-26-15-20-21-22-23(15)9-1-3-10(24)4-2-9/h1-6,24H,7H2,(H,19,25). The maximum absolute atomic E-state index is 12.2. The number of carbonyl (C=O) groups is 1. The van der Waals surface area contributed by atoms with E-state index in [0.29, 0.717) is 21.6 Å². The molecule has 0 unspecified atom stereocenters. The second-order valence-corrected chi connectivity index (χ2v) is 7.16. The number of benzene rings is 2. The van der Waals surface area contributed by atoms with Crippen molar-refractivity contribution in [2.75, 3.05) is 11.1 Å². The first-order chi connectivity index (χ1) is 12.4. The minimum Gasteiger partial charge on any atom is -0.508 e. The van der Waals surface area contributed by atoms with Crippen molar-refractivity contribution in [2.45, 2.75) is 5.16 Å². The quantitative estimate of drug-likeness (QED) is 0.593. The Bertz CT molecular complexity index is 926. The number of amides is 1. The van der Waals surface area contributed by atoms with Gasteiger partial charge >= 0.3 is 0 Å². The summed E-state index contributed by atoms with van der Waals surface area (Å²) in [7, 11) is 0. The predicted octanol–water partition coefficient (Wildman–Crippen LogP) is 4.06. The molecule has 2 N–H and O–H groups in total. The lowest BCUT2D eigenvalue weighted by atomic mass is 10.3. The zero-order valence-corrected chi connectivity index (χ0v) is 15.9. The molecule has 0 saturated carbocycles. The molecule has 2 aromatic carbocycles. The SMILES string of the molecule is O=C(CSc1nnnn1-c1ccc(O)cc1)Nc1c(Cl)cc(Cl)cc1Cl. The van der Waals surface area contributed by atoms with Gasteiger partial charge in [0.05, 0.1) is 27.2 Å². The molecule has 0 saturated heterocycles. The van der Waals surface area contributed by atoms with E-state index in [0.717, 1.165) is 11.8 Å². The van der Waals surface area contributed by atoms with Crippen molar-refractivity contribution in [3.8, 4) is 11.4 Å². The van der Waals surface area contributed by atoms with Gasteiger partial charge in [0.25, 0.3) is 0 Å². The lowest BCUT2D eigenvalue weighted by Gasteiger charge is -2.09. The van der Waals surface area contributed by atoms with Gasteiger partial charge in [-0.25, -0.2) is 0 Å². The highest BCUT2D eigenvalue weighted by Crippen LogP contribution is 2.33. The summed E-state index contributed by atoms with van der Waals surface area (Å²) < 4.78 is 1.46. The minimum atomic E-state index is -0.332. The van der Waals surface area contributed by atoms with Crippen molar-refractivity contribution < 1.29 is 9.90 Å². The molecular weight excluding hydrogens is 421 g/mol. The zero-order valence-electron chi connectivity index (χ0n) is 12.9. The topological polar surface area (TPSA) is 92.9 Å². The molecule has 1 heterocycles. The summed E-state index contributed by atoms with van der Waals surface area (Å²) >= 11 is 19.1. The number of halogens is 3. The molecule has 3 rings (SSSR count). The molecule has 1 aromatic heterocycles. The van der Waals surface area contributed by atoms with Crippen LogP contribution in [0.1, 0.15) is 0 Å². The molecule has 3 aromatic rings. The van der Waals surface area contributed by atoms with Crippen molar-refractivity contribution in [1.82, 2.24) is 20.2 Å². The van der Waals surface area contributed by atoms with Crippen LogP contribution in [0.4, 0.5) is 5.69 Å². The molecule has 0 fully saturated rings. The highest BCUT2D eigenvalue weighted by Gasteiger charge is 2.14. The maximum Gasteiger partial charge on any atom is 0.234 e. The molecule has 0 aliphatic heterocycles. The summed E-state index contributed by atoms with van der Waals surface area (Å²) in [5.74, 6) is -0.165. The number of anilines is 1. The molecule has 0 aliphatic carbocycles. The van der Waals surface area contributed by atoms with Gasteiger partial charge in [-0.3, -0.25) is 4.79 Å². The lowest BCUT2D eigenvalue weighted by molar-refractivity contribution is -0.113. The number of tetrazole rings is 1. The molecule has 0 radical (unpaired) electrons. The molecule has 11 heteroatoms. The van der Waals surface area contributed by atoms with Crippen LogP contribution in [0.15, 0.2) is 41.6 Å². The van der Waals surface area contributed by atoms with Gasteiger partial charge in [-0.15, -0.1) is 5.10 Å². The first-order valence-corrected chi connectivity index (χ1v) is 9.21. The first kappa shape index (κ1) is 18.8. The Morgan fingerprint density at radius 3 is 2.46 bits per heavy atom. The summed E-state index contributed by atoms with van der Waals surface area (Å²) in [4.78, 5) is 12.2. The van der Waals surface area contributed by atoms with Crippen LogP contribution in [0.25, 0.3) is 5.69 Å². The maximum atomic E-state index is 12.2. The van der Waals surface area contributed by atoms with E-state index in [9.17, 15) is 9.90 Å². The highest BCUT2D eigenvalue weighted by atomic mass is 35.5. The number of hydrogen-bond donors (Lipinski definition) is 2. The average Bonchev–Trinajstić information content (AvgIpc) is 3.05. The van der Waals surface area contributed by atoms with Crippen LogP contribution in [-0.4, -0.2) is 37.0 Å². The van der Waals surface area contributed by atoms with Crippen LogP contribution < -0.4 is 5.32 Å². The van der Waals surface area contributed by atoms with Crippen molar-refractivity contribution in [3.63, 3.8) is 0 Å². The summed E-state index contributed by atoms with van der Waals surface area (Å²) in [5, 5.41) is 24.7. The minimum absolute atomic E-state index is 0.0355. The van der Waals surface area contributed by atoms with E-state index >= 15 is 0 Å². The second kappa shape index (κ2) is 8.13. The van der Waals surface area contributed by atoms with E-state index in [4.69, 9.17) is 34.8 Å². The molecule has 0 spiro atoms. The zero-order chi connectivity index (χ0) is 18.7. The third-order valence-electron chi connectivity index (χ3n) is 3.14. The summed E-state index contributed by atoms with van der Waals surface area (Å²) in [6, 6.07) is 9.32. The van der Waals surface area contributed by atoms with E-state index in [1.807, 2.05) is 0 Å². The predicted molar refractivity (Wildman–Crippen MR) is 102 cm³/mol. The third kappa shape index (κ3) is 4.39. The number of aromatic hydroxyl groups is 1. The van der Waals surface area contributed by atoms with E-state index in [-0.39, 0.29) is 27.5 Å². The summed E-state index contributed by atoms with van der Waals surface area (Å²) in [5.41, 5.74) is 0.945. The fraction of sp³-hybridized carbons (Fsp3) is 0.0667. The number of phenols is 1. The van der Waals surface area contributed by atoms with E-state index in [2.05, 4.69) is 20.8 Å². The molecule has 7 nitrogen and oxygen atoms in total. The Hall–Kier alpha value is -2.00. The highest BCUT2D eigenvalue weighted by molar-refractivity contribution is 7.99. The number of nitrogens with zero attached hydrogens (tertiary/aromatic N) is 4. The van der Waals surface area contributed by atoms with Gasteiger partial charge in [-0.2, -0.15) is 4.68 Å². The number of hydrogen-bond acceptors (Lipinski definition) is 6. The van der Waals surface area contributed by atoms with Crippen molar-refractivity contribution in [2.24, 2.45) is 0 Å². The van der Waals surface area contributed by atoms with Crippen LogP contribution in [0.3, 0.4) is 0 Å². The number of phenolic OH excluding ortho intramolecular Hbond substituents is 1. The molecule has 0 bridgehead atoms. The van der Waals surface area contributed by atoms with Crippen molar-refractivity contribution in [3.05, 3.63) is 51.5 Å². The average molecular weight is 431 g/mol. The number of thioether (sulfide) groups is 1. The number of rotatable bonds is 5. The number of aromatic nitrogens is 4. The molecule has 0 aliphatic rings. The normalized spacial score (nSPS) is 10.7. The summed E-state index contributed by atoms with van der Waals surface area (Å²) in [6.45, 7) is 0. The fourth-order valence-corrected chi connectivity index (χ4v) is 3.59. The van der Waals surface area contributed by atoms with Gasteiger partial charge in [0, 0.05) is 5.02 Å². The van der Waals surface area contributed by atoms with E-state index in [1.54, 1.807) is 12.1 Å². The number of carbonyl (C=O) groups excluding carboxylic acids is 1. The van der Waals surface area contributed by atoms with Crippen LogP contribution >= 0.6 is 46.6 Å². The van der Waals surface area contributed by atoms with Crippen LogP contribution in [0, 0.1) is 0 Å². The Balaban J connectivity index is 1.68. The molecule has 0 atom stereocenters. The Morgan fingerprint density at radius 2 is 1.81 bits per heavy atom. The second-order valence-electron chi connectivity index (χ2n) is 4.97. The Morgan fingerprint density at radius 1 is 1.15 bits per heavy atom. The Kier molecular flexibility index (Phi) is 5.87. The van der Waals surface area contributed by atoms with E-state index < -0.39 is 0 Å². The fourth-order valence-electron chi connectivity index (χ4n) is 1.99. The smallest absolute Gasteiger partial charge is 0.234 e. The van der Waals surface area contributed by atoms with E-state index in [1.165, 1.54) is 28.9 Å². The monoisotopic (exact) mass is 429 g/mol. The van der Waals surface area contributed by atoms with Crippen LogP contribution in [0.2, 0.25) is 15.1 Å². The number of nitrogens with one attached hydrogen (secondary N) is 1. The largest absolute Gasteiger partial charge is 0.508 e. The van der Waals surface area contributed by atoms with Crippen LogP contribution in [0.5, 0.6) is 5.75 Å². The van der Waals surface area contributed by atoms with Gasteiger partial charge in [0.1, 0.15) is 5.75 Å². The van der Waals surface area contributed by atoms with Gasteiger partial charge in [-0.05, 0) is 46.8 Å². The van der Waals surface area contributed by atoms with Gasteiger partial charge < -0.3 is 10.4 Å². The third-order valence-corrected chi connectivity index (χ3v) is 4.87. The van der Waals surface area contributed by atoms with Gasteiger partial charge in [0.15, 0.2) is 0 Å². The van der Waals surface area contributed by atoms with Crippen molar-refractivity contribution in [1.29, 1.82) is 0 Å².